The first-order chi connectivity index (χ1) is 14.4. The molecule has 4 rings (SSSR count). The van der Waals surface area contributed by atoms with Crippen molar-refractivity contribution in [1.29, 1.82) is 0 Å². The fourth-order valence-corrected chi connectivity index (χ4v) is 3.86. The average Bonchev–Trinajstić information content (AvgIpc) is 3.41. The van der Waals surface area contributed by atoms with E-state index in [0.29, 0.717) is 25.6 Å². The Bertz CT molecular complexity index is 944. The van der Waals surface area contributed by atoms with Gasteiger partial charge >= 0.3 is 5.97 Å². The Labute approximate surface area is 172 Å². The van der Waals surface area contributed by atoms with Crippen molar-refractivity contribution in [3.63, 3.8) is 0 Å². The van der Waals surface area contributed by atoms with Gasteiger partial charge in [0.15, 0.2) is 11.5 Å². The van der Waals surface area contributed by atoms with Crippen molar-refractivity contribution in [2.24, 2.45) is 11.8 Å². The lowest BCUT2D eigenvalue weighted by Gasteiger charge is -2.36. The van der Waals surface area contributed by atoms with Crippen LogP contribution in [0.4, 0.5) is 8.78 Å². The van der Waals surface area contributed by atoms with Crippen LogP contribution < -0.4 is 5.32 Å². The summed E-state index contributed by atoms with van der Waals surface area (Å²) in [5.41, 5.74) is -0.107. The number of amides is 1. The second-order valence-electron chi connectivity index (χ2n) is 8.05. The largest absolute Gasteiger partial charge is 0.481 e. The number of hydrogen-bond acceptors (Lipinski definition) is 5. The molecule has 2 aromatic rings. The maximum absolute atomic E-state index is 13.9. The molecule has 2 atom stereocenters. The highest BCUT2D eigenvalue weighted by Crippen LogP contribution is 2.33. The van der Waals surface area contributed by atoms with Gasteiger partial charge in [0.05, 0.1) is 11.5 Å². The zero-order chi connectivity index (χ0) is 21.3. The first-order valence-electron chi connectivity index (χ1n) is 10.1. The van der Waals surface area contributed by atoms with Crippen LogP contribution in [0.2, 0.25) is 0 Å². The highest BCUT2D eigenvalue weighted by atomic mass is 19.1. The first kappa shape index (κ1) is 20.5. The number of carboxylic acids is 1. The van der Waals surface area contributed by atoms with Gasteiger partial charge in [0.1, 0.15) is 11.6 Å². The molecule has 2 heterocycles. The van der Waals surface area contributed by atoms with Crippen molar-refractivity contribution in [2.45, 2.75) is 31.7 Å². The monoisotopic (exact) mass is 419 g/mol. The summed E-state index contributed by atoms with van der Waals surface area (Å²) in [6, 6.07) is 3.72. The number of nitrogens with zero attached hydrogens (tertiary/aromatic N) is 2. The molecule has 1 saturated carbocycles. The molecule has 1 amide bonds. The van der Waals surface area contributed by atoms with Crippen molar-refractivity contribution in [3.8, 4) is 11.3 Å². The summed E-state index contributed by atoms with van der Waals surface area (Å²) in [5, 5.41) is 16.0. The van der Waals surface area contributed by atoms with Crippen LogP contribution in [0.25, 0.3) is 11.3 Å². The number of hydrogen-bond donors (Lipinski definition) is 2. The van der Waals surface area contributed by atoms with Crippen molar-refractivity contribution >= 4 is 11.9 Å². The number of aromatic nitrogens is 1. The van der Waals surface area contributed by atoms with Gasteiger partial charge in [0.25, 0.3) is 5.91 Å². The number of halogens is 2. The molecule has 0 unspecified atom stereocenters. The zero-order valence-electron chi connectivity index (χ0n) is 16.3. The van der Waals surface area contributed by atoms with Crippen LogP contribution in [0, 0.1) is 23.5 Å². The third-order valence-electron chi connectivity index (χ3n) is 5.82. The van der Waals surface area contributed by atoms with Gasteiger partial charge in [-0.25, -0.2) is 8.78 Å². The summed E-state index contributed by atoms with van der Waals surface area (Å²) in [7, 11) is 0. The molecule has 1 aliphatic carbocycles. The summed E-state index contributed by atoms with van der Waals surface area (Å²) in [6.45, 7) is 1.98. The molecule has 30 heavy (non-hydrogen) atoms. The minimum Gasteiger partial charge on any atom is -0.481 e. The lowest BCUT2D eigenvalue weighted by molar-refractivity contribution is -0.144. The second-order valence-corrected chi connectivity index (χ2v) is 8.05. The number of nitrogens with one attached hydrogen (secondary N) is 1. The number of aliphatic carboxylic acids is 1. The summed E-state index contributed by atoms with van der Waals surface area (Å²) in [4.78, 5) is 26.5. The minimum atomic E-state index is -0.953. The fraction of sp³-hybridized carbons (Fsp3) is 0.476. The Balaban J connectivity index is 1.40. The van der Waals surface area contributed by atoms with Crippen molar-refractivity contribution < 1.29 is 28.0 Å². The zero-order valence-corrected chi connectivity index (χ0v) is 16.3. The molecule has 0 bridgehead atoms. The summed E-state index contributed by atoms with van der Waals surface area (Å²) < 4.78 is 32.0. The van der Waals surface area contributed by atoms with Crippen LogP contribution in [-0.2, 0) is 4.79 Å². The molecule has 2 aliphatic rings. The summed E-state index contributed by atoms with van der Waals surface area (Å²) >= 11 is 0. The second kappa shape index (κ2) is 8.51. The Kier molecular flexibility index (Phi) is 5.80. The van der Waals surface area contributed by atoms with Crippen molar-refractivity contribution in [1.82, 2.24) is 15.4 Å². The Morgan fingerprint density at radius 2 is 2.03 bits per heavy atom. The predicted molar refractivity (Wildman–Crippen MR) is 103 cm³/mol. The SMILES string of the molecule is O=C(N[C@H]1CCN(CCC2CC2)C[C@@H]1C(=O)O)c1cc(-c2ccc(F)cc2F)on1. The molecular formula is C21H23F2N3O4. The Hall–Kier alpha value is -2.81. The fourth-order valence-electron chi connectivity index (χ4n) is 3.86. The Morgan fingerprint density at radius 3 is 2.73 bits per heavy atom. The molecule has 2 N–H and O–H groups in total. The molecule has 2 fully saturated rings. The number of rotatable bonds is 7. The van der Waals surface area contributed by atoms with Crippen LogP contribution in [0.15, 0.2) is 28.8 Å². The summed E-state index contributed by atoms with van der Waals surface area (Å²) in [5.74, 6) is -3.05. The van der Waals surface area contributed by atoms with Crippen LogP contribution in [0.3, 0.4) is 0 Å². The molecule has 1 aromatic carbocycles. The van der Waals surface area contributed by atoms with Gasteiger partial charge in [-0.2, -0.15) is 0 Å². The van der Waals surface area contributed by atoms with Gasteiger partial charge < -0.3 is 19.8 Å². The number of carbonyl (C=O) groups is 2. The maximum Gasteiger partial charge on any atom is 0.309 e. The van der Waals surface area contributed by atoms with Gasteiger partial charge in [-0.15, -0.1) is 0 Å². The lowest BCUT2D eigenvalue weighted by atomic mass is 9.91. The highest BCUT2D eigenvalue weighted by Gasteiger charge is 2.36. The van der Waals surface area contributed by atoms with Gasteiger partial charge in [-0.1, -0.05) is 18.0 Å². The van der Waals surface area contributed by atoms with E-state index in [0.717, 1.165) is 24.9 Å². The number of piperidine rings is 1. The number of carboxylic acid groups (broad SMARTS) is 1. The first-order valence-corrected chi connectivity index (χ1v) is 10.1. The van der Waals surface area contributed by atoms with Crippen LogP contribution in [0.1, 0.15) is 36.2 Å². The van der Waals surface area contributed by atoms with E-state index in [9.17, 15) is 23.5 Å². The minimum absolute atomic E-state index is 0.0117. The van der Waals surface area contributed by atoms with E-state index in [1.807, 2.05) is 0 Å². The van der Waals surface area contributed by atoms with E-state index in [1.165, 1.54) is 25.0 Å². The molecule has 1 aliphatic heterocycles. The van der Waals surface area contributed by atoms with E-state index in [2.05, 4.69) is 15.4 Å². The molecule has 0 radical (unpaired) electrons. The molecule has 7 nitrogen and oxygen atoms in total. The van der Waals surface area contributed by atoms with Gasteiger partial charge in [0, 0.05) is 31.3 Å². The van der Waals surface area contributed by atoms with Gasteiger partial charge in [0.2, 0.25) is 0 Å². The van der Waals surface area contributed by atoms with E-state index in [4.69, 9.17) is 4.52 Å². The van der Waals surface area contributed by atoms with E-state index in [-0.39, 0.29) is 17.0 Å². The van der Waals surface area contributed by atoms with E-state index >= 15 is 0 Å². The van der Waals surface area contributed by atoms with Gasteiger partial charge in [-0.3, -0.25) is 9.59 Å². The number of benzene rings is 1. The highest BCUT2D eigenvalue weighted by molar-refractivity contribution is 5.93. The topological polar surface area (TPSA) is 95.7 Å². The van der Waals surface area contributed by atoms with Crippen LogP contribution >= 0.6 is 0 Å². The standard InChI is InChI=1S/C21H23F2N3O4/c22-13-3-4-14(16(23)9-13)19-10-18(25-30-19)20(27)24-17-6-8-26(7-5-12-1-2-12)11-15(17)21(28)29/h3-4,9-10,12,15,17H,1-2,5-8,11H2,(H,24,27)(H,28,29)/t15-,17-/m0/s1. The quantitative estimate of drug-likeness (QED) is 0.717. The normalized spacial score (nSPS) is 22.1. The van der Waals surface area contributed by atoms with Crippen molar-refractivity contribution in [3.05, 3.63) is 41.6 Å². The number of likely N-dealkylation sites (tertiary alicyclic amines) is 1. The molecule has 1 aromatic heterocycles. The van der Waals surface area contributed by atoms with E-state index < -0.39 is 35.5 Å². The summed E-state index contributed by atoms with van der Waals surface area (Å²) in [6.07, 6.45) is 4.13. The Morgan fingerprint density at radius 1 is 1.23 bits per heavy atom. The smallest absolute Gasteiger partial charge is 0.309 e. The molecule has 1 saturated heterocycles. The van der Waals surface area contributed by atoms with Gasteiger partial charge in [-0.05, 0) is 37.4 Å². The average molecular weight is 419 g/mol. The third kappa shape index (κ3) is 4.67. The maximum atomic E-state index is 13.9. The molecule has 160 valence electrons. The van der Waals surface area contributed by atoms with Crippen molar-refractivity contribution in [2.75, 3.05) is 19.6 Å². The van der Waals surface area contributed by atoms with E-state index in [1.54, 1.807) is 0 Å². The predicted octanol–water partition coefficient (Wildman–Crippen LogP) is 2.92. The lowest BCUT2D eigenvalue weighted by Crippen LogP contribution is -2.53. The van der Waals surface area contributed by atoms with Crippen LogP contribution in [-0.4, -0.2) is 52.7 Å². The third-order valence-corrected chi connectivity index (χ3v) is 5.82. The number of carbonyl (C=O) groups excluding carboxylic acids is 1. The van der Waals surface area contributed by atoms with Crippen LogP contribution in [0.5, 0.6) is 0 Å². The molecular weight excluding hydrogens is 396 g/mol. The molecule has 0 spiro atoms. The molecule has 9 heteroatoms.